The molecule has 2 aromatic rings. The smallest absolute Gasteiger partial charge is 0.246 e. The topological polar surface area (TPSA) is 78.5 Å². The fourth-order valence-electron chi connectivity index (χ4n) is 2.87. The third kappa shape index (κ3) is 2.97. The first kappa shape index (κ1) is 16.0. The minimum atomic E-state index is -3.53. The highest BCUT2D eigenvalue weighted by molar-refractivity contribution is 7.89. The molecular formula is C15H20N4O3S. The van der Waals surface area contributed by atoms with E-state index in [0.29, 0.717) is 19.6 Å². The third-order valence-electron chi connectivity index (χ3n) is 4.22. The molecule has 1 atom stereocenters. The molecule has 124 valence electrons. The first-order valence-corrected chi connectivity index (χ1v) is 8.80. The van der Waals surface area contributed by atoms with Gasteiger partial charge in [-0.05, 0) is 13.1 Å². The van der Waals surface area contributed by atoms with E-state index in [1.165, 1.54) is 16.7 Å². The number of aromatic amines is 1. The summed E-state index contributed by atoms with van der Waals surface area (Å²) in [5.41, 5.74) is 0.990. The summed E-state index contributed by atoms with van der Waals surface area (Å²) in [6.07, 6.45) is 2.75. The lowest BCUT2D eigenvalue weighted by atomic mass is 10.0. The summed E-state index contributed by atoms with van der Waals surface area (Å²) >= 11 is 0. The van der Waals surface area contributed by atoms with Crippen molar-refractivity contribution in [3.8, 4) is 5.75 Å². The molecule has 0 spiro atoms. The summed E-state index contributed by atoms with van der Waals surface area (Å²) in [5, 5.41) is 6.30. The standard InChI is InChI=1S/C15H20N4O3S/c1-18-7-8-19(23(20,21)12-9-16-17-10-12)11-14(18)13-5-3-4-6-15(13)22-2/h3-6,9-10,14H,7-8,11H2,1-2H3,(H,16,17). The van der Waals surface area contributed by atoms with Crippen LogP contribution in [-0.4, -0.2) is 61.6 Å². The van der Waals surface area contributed by atoms with Crippen molar-refractivity contribution >= 4 is 10.0 Å². The van der Waals surface area contributed by atoms with E-state index in [-0.39, 0.29) is 10.9 Å². The van der Waals surface area contributed by atoms with Gasteiger partial charge in [0.1, 0.15) is 10.6 Å². The molecule has 0 aliphatic carbocycles. The molecule has 1 aromatic carbocycles. The predicted molar refractivity (Wildman–Crippen MR) is 85.7 cm³/mol. The summed E-state index contributed by atoms with van der Waals surface area (Å²) in [5.74, 6) is 0.770. The Bertz CT molecular complexity index is 761. The van der Waals surface area contributed by atoms with Gasteiger partial charge in [-0.1, -0.05) is 18.2 Å². The Morgan fingerprint density at radius 1 is 1.30 bits per heavy atom. The molecule has 1 unspecified atom stereocenters. The number of sulfonamides is 1. The number of hydrogen-bond acceptors (Lipinski definition) is 5. The van der Waals surface area contributed by atoms with Crippen LogP contribution in [0, 0.1) is 0 Å². The van der Waals surface area contributed by atoms with Crippen LogP contribution in [0.15, 0.2) is 41.6 Å². The fraction of sp³-hybridized carbons (Fsp3) is 0.400. The van der Waals surface area contributed by atoms with Gasteiger partial charge in [0.15, 0.2) is 0 Å². The van der Waals surface area contributed by atoms with Crippen LogP contribution in [-0.2, 0) is 10.0 Å². The number of likely N-dealkylation sites (N-methyl/N-ethyl adjacent to an activating group) is 1. The van der Waals surface area contributed by atoms with Crippen molar-refractivity contribution in [1.82, 2.24) is 19.4 Å². The van der Waals surface area contributed by atoms with E-state index >= 15 is 0 Å². The number of para-hydroxylation sites is 1. The van der Waals surface area contributed by atoms with Crippen LogP contribution < -0.4 is 4.74 Å². The van der Waals surface area contributed by atoms with Gasteiger partial charge < -0.3 is 4.74 Å². The monoisotopic (exact) mass is 336 g/mol. The van der Waals surface area contributed by atoms with Gasteiger partial charge in [0.25, 0.3) is 0 Å². The van der Waals surface area contributed by atoms with E-state index in [0.717, 1.165) is 11.3 Å². The molecule has 1 aliphatic heterocycles. The van der Waals surface area contributed by atoms with Crippen molar-refractivity contribution in [2.24, 2.45) is 0 Å². The average molecular weight is 336 g/mol. The summed E-state index contributed by atoms with van der Waals surface area (Å²) in [6.45, 7) is 1.49. The van der Waals surface area contributed by atoms with Gasteiger partial charge in [-0.2, -0.15) is 9.40 Å². The predicted octanol–water partition coefficient (Wildman–Crippen LogP) is 1.10. The molecule has 1 fully saturated rings. The number of piperazine rings is 1. The summed E-state index contributed by atoms with van der Waals surface area (Å²) in [7, 11) is 0.0950. The van der Waals surface area contributed by atoms with Crippen LogP contribution in [0.2, 0.25) is 0 Å². The van der Waals surface area contributed by atoms with Gasteiger partial charge in [0.05, 0.1) is 19.3 Å². The lowest BCUT2D eigenvalue weighted by Crippen LogP contribution is -2.48. The highest BCUT2D eigenvalue weighted by Gasteiger charge is 2.34. The molecule has 0 amide bonds. The van der Waals surface area contributed by atoms with Crippen molar-refractivity contribution in [1.29, 1.82) is 0 Å². The molecule has 7 nitrogen and oxygen atoms in total. The Hall–Kier alpha value is -1.90. The number of nitrogens with one attached hydrogen (secondary N) is 1. The van der Waals surface area contributed by atoms with Crippen molar-refractivity contribution in [2.75, 3.05) is 33.8 Å². The Morgan fingerprint density at radius 2 is 2.09 bits per heavy atom. The van der Waals surface area contributed by atoms with E-state index in [1.54, 1.807) is 7.11 Å². The molecule has 1 aliphatic rings. The van der Waals surface area contributed by atoms with Crippen LogP contribution in [0.1, 0.15) is 11.6 Å². The second-order valence-electron chi connectivity index (χ2n) is 5.54. The van der Waals surface area contributed by atoms with Crippen LogP contribution in [0.25, 0.3) is 0 Å². The number of benzene rings is 1. The Labute approximate surface area is 135 Å². The summed E-state index contributed by atoms with van der Waals surface area (Å²) in [6, 6.07) is 7.67. The summed E-state index contributed by atoms with van der Waals surface area (Å²) in [4.78, 5) is 2.35. The number of H-pyrrole nitrogens is 1. The third-order valence-corrected chi connectivity index (χ3v) is 6.05. The Morgan fingerprint density at radius 3 is 2.78 bits per heavy atom. The zero-order valence-electron chi connectivity index (χ0n) is 13.1. The van der Waals surface area contributed by atoms with E-state index in [2.05, 4.69) is 15.1 Å². The average Bonchev–Trinajstić information content (AvgIpc) is 3.10. The van der Waals surface area contributed by atoms with Crippen molar-refractivity contribution in [2.45, 2.75) is 10.9 Å². The van der Waals surface area contributed by atoms with Gasteiger partial charge in [-0.15, -0.1) is 0 Å². The van der Waals surface area contributed by atoms with Gasteiger partial charge in [0, 0.05) is 31.4 Å². The van der Waals surface area contributed by atoms with Gasteiger partial charge in [0.2, 0.25) is 10.0 Å². The molecule has 1 aromatic heterocycles. The number of aromatic nitrogens is 2. The lowest BCUT2D eigenvalue weighted by Gasteiger charge is -2.39. The second-order valence-corrected chi connectivity index (χ2v) is 7.47. The van der Waals surface area contributed by atoms with Crippen molar-refractivity contribution in [3.63, 3.8) is 0 Å². The molecule has 3 rings (SSSR count). The van der Waals surface area contributed by atoms with Gasteiger partial charge in [-0.3, -0.25) is 10.00 Å². The maximum Gasteiger partial charge on any atom is 0.246 e. The van der Waals surface area contributed by atoms with Crippen LogP contribution in [0.5, 0.6) is 5.75 Å². The van der Waals surface area contributed by atoms with E-state index in [9.17, 15) is 8.42 Å². The van der Waals surface area contributed by atoms with Crippen LogP contribution >= 0.6 is 0 Å². The van der Waals surface area contributed by atoms with Gasteiger partial charge in [-0.25, -0.2) is 8.42 Å². The number of nitrogens with zero attached hydrogens (tertiary/aromatic N) is 3. The fourth-order valence-corrected chi connectivity index (χ4v) is 4.22. The molecule has 0 saturated carbocycles. The second kappa shape index (κ2) is 6.31. The largest absolute Gasteiger partial charge is 0.496 e. The minimum absolute atomic E-state index is 0.0541. The van der Waals surface area contributed by atoms with Crippen molar-refractivity contribution < 1.29 is 13.2 Å². The van der Waals surface area contributed by atoms with Crippen LogP contribution in [0.3, 0.4) is 0 Å². The molecule has 0 bridgehead atoms. The normalized spacial score (nSPS) is 20.5. The minimum Gasteiger partial charge on any atom is -0.496 e. The lowest BCUT2D eigenvalue weighted by molar-refractivity contribution is 0.146. The zero-order chi connectivity index (χ0) is 16.4. The number of hydrogen-bond donors (Lipinski definition) is 1. The number of rotatable bonds is 4. The van der Waals surface area contributed by atoms with E-state index in [4.69, 9.17) is 4.74 Å². The van der Waals surface area contributed by atoms with Gasteiger partial charge >= 0.3 is 0 Å². The van der Waals surface area contributed by atoms with Crippen LogP contribution in [0.4, 0.5) is 0 Å². The van der Waals surface area contributed by atoms with E-state index in [1.807, 2.05) is 31.3 Å². The maximum absolute atomic E-state index is 12.7. The Kier molecular flexibility index (Phi) is 4.38. The Balaban J connectivity index is 1.91. The molecule has 8 heteroatoms. The summed E-state index contributed by atoms with van der Waals surface area (Å²) < 4.78 is 32.3. The van der Waals surface area contributed by atoms with E-state index < -0.39 is 10.0 Å². The molecule has 0 radical (unpaired) electrons. The highest BCUT2D eigenvalue weighted by Crippen LogP contribution is 2.32. The van der Waals surface area contributed by atoms with Crippen molar-refractivity contribution in [3.05, 3.63) is 42.2 Å². The quantitative estimate of drug-likeness (QED) is 0.904. The molecule has 23 heavy (non-hydrogen) atoms. The molecule has 1 saturated heterocycles. The first-order chi connectivity index (χ1) is 11.0. The SMILES string of the molecule is COc1ccccc1C1CN(S(=O)(=O)c2cn[nH]c2)CCN1C. The highest BCUT2D eigenvalue weighted by atomic mass is 32.2. The number of methoxy groups -OCH3 is 1. The zero-order valence-corrected chi connectivity index (χ0v) is 14.0. The molecule has 1 N–H and O–H groups in total. The maximum atomic E-state index is 12.7. The molecular weight excluding hydrogens is 316 g/mol. The molecule has 2 heterocycles. The number of ether oxygens (including phenoxy) is 1. The first-order valence-electron chi connectivity index (χ1n) is 7.36.